The second-order valence-corrected chi connectivity index (χ2v) is 12.5. The summed E-state index contributed by atoms with van der Waals surface area (Å²) in [5.41, 5.74) is 13.0. The highest BCUT2D eigenvalue weighted by Crippen LogP contribution is 2.48. The first-order valence-corrected chi connectivity index (χ1v) is 16.4. The third-order valence-electron chi connectivity index (χ3n) is 9.79. The van der Waals surface area contributed by atoms with Crippen LogP contribution in [-0.2, 0) is 0 Å². The maximum Gasteiger partial charge on any atom is 0.135 e. The summed E-state index contributed by atoms with van der Waals surface area (Å²) in [6.07, 6.45) is 0. The number of rotatable bonds is 4. The minimum absolute atomic E-state index is 0.898. The molecular weight excluding hydrogens is 583 g/mol. The van der Waals surface area contributed by atoms with Crippen LogP contribution in [0.5, 0.6) is 11.5 Å². The minimum atomic E-state index is 0.898. The lowest BCUT2D eigenvalue weighted by Gasteiger charge is -2.22. The summed E-state index contributed by atoms with van der Waals surface area (Å²) >= 11 is 0. The normalized spacial score (nSPS) is 11.9. The number of nitrogens with zero attached hydrogens (tertiary/aromatic N) is 1. The van der Waals surface area contributed by atoms with Gasteiger partial charge in [-0.1, -0.05) is 133 Å². The monoisotopic (exact) mass is 611 g/mol. The maximum absolute atomic E-state index is 6.41. The van der Waals surface area contributed by atoms with Crippen molar-refractivity contribution in [1.29, 1.82) is 0 Å². The smallest absolute Gasteiger partial charge is 0.135 e. The van der Waals surface area contributed by atoms with E-state index in [1.165, 1.54) is 77.2 Å². The summed E-state index contributed by atoms with van der Waals surface area (Å²) in [6.45, 7) is 0. The van der Waals surface area contributed by atoms with Crippen molar-refractivity contribution in [3.8, 4) is 61.7 Å². The van der Waals surface area contributed by atoms with Crippen LogP contribution in [0, 0.1) is 0 Å². The van der Waals surface area contributed by atoms with Gasteiger partial charge in [-0.3, -0.25) is 0 Å². The number of ether oxygens (including phenoxy) is 1. The van der Waals surface area contributed by atoms with Crippen molar-refractivity contribution in [3.05, 3.63) is 176 Å². The van der Waals surface area contributed by atoms with Gasteiger partial charge in [0.05, 0.1) is 16.7 Å². The highest BCUT2D eigenvalue weighted by Gasteiger charge is 2.21. The van der Waals surface area contributed by atoms with Gasteiger partial charge in [-0.2, -0.15) is 0 Å². The Bertz CT molecular complexity index is 2680. The molecule has 2 heteroatoms. The van der Waals surface area contributed by atoms with Crippen LogP contribution < -0.4 is 4.74 Å². The van der Waals surface area contributed by atoms with E-state index < -0.39 is 0 Å². The van der Waals surface area contributed by atoms with Gasteiger partial charge in [0, 0.05) is 27.3 Å². The minimum Gasteiger partial charge on any atom is -0.456 e. The topological polar surface area (TPSA) is 14.2 Å². The van der Waals surface area contributed by atoms with Crippen molar-refractivity contribution in [2.75, 3.05) is 0 Å². The fourth-order valence-electron chi connectivity index (χ4n) is 7.54. The Morgan fingerprint density at radius 1 is 0.354 bits per heavy atom. The van der Waals surface area contributed by atoms with Crippen molar-refractivity contribution in [2.45, 2.75) is 0 Å². The van der Waals surface area contributed by atoms with E-state index in [2.05, 4.69) is 180 Å². The first-order chi connectivity index (χ1) is 23.8. The van der Waals surface area contributed by atoms with Gasteiger partial charge in [0.1, 0.15) is 11.5 Å². The quantitative estimate of drug-likeness (QED) is 0.193. The Labute approximate surface area is 278 Å². The van der Waals surface area contributed by atoms with Crippen molar-refractivity contribution in [2.24, 2.45) is 0 Å². The van der Waals surface area contributed by atoms with Crippen molar-refractivity contribution >= 4 is 32.6 Å². The van der Waals surface area contributed by atoms with Crippen LogP contribution in [0.2, 0.25) is 0 Å². The van der Waals surface area contributed by atoms with Crippen LogP contribution in [0.4, 0.5) is 0 Å². The van der Waals surface area contributed by atoms with E-state index in [0.29, 0.717) is 0 Å². The molecule has 9 aromatic rings. The van der Waals surface area contributed by atoms with Crippen molar-refractivity contribution in [1.82, 2.24) is 4.57 Å². The molecule has 224 valence electrons. The van der Waals surface area contributed by atoms with Gasteiger partial charge < -0.3 is 9.30 Å². The summed E-state index contributed by atoms with van der Waals surface area (Å²) in [7, 11) is 0. The fraction of sp³-hybridized carbons (Fsp3) is 0. The molecule has 2 heterocycles. The van der Waals surface area contributed by atoms with Crippen LogP contribution in [0.3, 0.4) is 0 Å². The Morgan fingerprint density at radius 2 is 1.02 bits per heavy atom. The number of hydrogen-bond donors (Lipinski definition) is 0. The molecule has 1 aliphatic rings. The number of fused-ring (bicyclic) bond motifs is 5. The molecule has 1 aromatic heterocycles. The van der Waals surface area contributed by atoms with E-state index in [9.17, 15) is 0 Å². The van der Waals surface area contributed by atoms with Crippen LogP contribution >= 0.6 is 0 Å². The molecule has 0 saturated carbocycles. The third-order valence-corrected chi connectivity index (χ3v) is 9.79. The third kappa shape index (κ3) is 4.13. The SMILES string of the molecule is c1ccc(-c2ccc(-c3ccccc3)c(-n3c4ccccc4c4cc(-c5ccc6c(c5)-c5cccc7cccc(c57)O6)ccc43)c2)cc1. The predicted molar refractivity (Wildman–Crippen MR) is 200 cm³/mol. The van der Waals surface area contributed by atoms with E-state index >= 15 is 0 Å². The molecule has 0 spiro atoms. The van der Waals surface area contributed by atoms with E-state index in [1.807, 2.05) is 0 Å². The molecule has 1 aliphatic heterocycles. The Hall–Kier alpha value is -6.38. The molecule has 0 aliphatic carbocycles. The summed E-state index contributed by atoms with van der Waals surface area (Å²) in [5, 5.41) is 4.84. The molecule has 48 heavy (non-hydrogen) atoms. The van der Waals surface area contributed by atoms with Gasteiger partial charge in [0.2, 0.25) is 0 Å². The van der Waals surface area contributed by atoms with Crippen molar-refractivity contribution < 1.29 is 4.74 Å². The first kappa shape index (κ1) is 26.8. The zero-order valence-corrected chi connectivity index (χ0v) is 26.1. The van der Waals surface area contributed by atoms with E-state index in [0.717, 1.165) is 17.1 Å². The molecular formula is C46H29NO. The van der Waals surface area contributed by atoms with Gasteiger partial charge >= 0.3 is 0 Å². The molecule has 0 radical (unpaired) electrons. The first-order valence-electron chi connectivity index (χ1n) is 16.4. The number of hydrogen-bond acceptors (Lipinski definition) is 1. The highest BCUT2D eigenvalue weighted by molar-refractivity contribution is 6.11. The molecule has 0 fully saturated rings. The molecule has 0 saturated heterocycles. The number of para-hydroxylation sites is 1. The largest absolute Gasteiger partial charge is 0.456 e. The standard InChI is InChI=1S/C46H29NO/c1-3-11-30(12-4-1)35-21-24-36(31-13-5-2-6-14-31)43(29-35)47-41-19-8-7-17-37(41)39-27-33(22-25-42(39)47)34-23-26-44-40(28-34)38-18-9-15-32-16-10-20-45(48-44)46(32)38/h1-29H. The maximum atomic E-state index is 6.41. The Morgan fingerprint density at radius 3 is 1.88 bits per heavy atom. The lowest BCUT2D eigenvalue weighted by molar-refractivity contribution is 0.487. The Kier molecular flexibility index (Phi) is 5.91. The molecule has 10 rings (SSSR count). The molecule has 8 aromatic carbocycles. The lowest BCUT2D eigenvalue weighted by Crippen LogP contribution is -1.98. The van der Waals surface area contributed by atoms with Crippen LogP contribution in [0.15, 0.2) is 176 Å². The summed E-state index contributed by atoms with van der Waals surface area (Å²) in [5.74, 6) is 1.82. The average Bonchev–Trinajstić information content (AvgIpc) is 3.49. The highest BCUT2D eigenvalue weighted by atomic mass is 16.5. The molecule has 0 unspecified atom stereocenters. The van der Waals surface area contributed by atoms with E-state index in [1.54, 1.807) is 0 Å². The van der Waals surface area contributed by atoms with E-state index in [4.69, 9.17) is 4.74 Å². The van der Waals surface area contributed by atoms with E-state index in [-0.39, 0.29) is 0 Å². The second-order valence-electron chi connectivity index (χ2n) is 12.5. The summed E-state index contributed by atoms with van der Waals surface area (Å²) < 4.78 is 8.85. The fourth-order valence-corrected chi connectivity index (χ4v) is 7.54. The van der Waals surface area contributed by atoms with Crippen molar-refractivity contribution in [3.63, 3.8) is 0 Å². The van der Waals surface area contributed by atoms with Gasteiger partial charge in [-0.05, 0) is 81.2 Å². The molecule has 0 N–H and O–H groups in total. The Balaban J connectivity index is 1.18. The van der Waals surface area contributed by atoms with Gasteiger partial charge in [-0.25, -0.2) is 0 Å². The zero-order chi connectivity index (χ0) is 31.6. The molecule has 0 amide bonds. The van der Waals surface area contributed by atoms with Gasteiger partial charge in [-0.15, -0.1) is 0 Å². The van der Waals surface area contributed by atoms with Gasteiger partial charge in [0.15, 0.2) is 0 Å². The summed E-state index contributed by atoms with van der Waals surface area (Å²) in [4.78, 5) is 0. The average molecular weight is 612 g/mol. The molecule has 0 atom stereocenters. The number of benzene rings is 8. The molecule has 2 nitrogen and oxygen atoms in total. The number of aromatic nitrogens is 1. The second kappa shape index (κ2) is 10.6. The zero-order valence-electron chi connectivity index (χ0n) is 26.1. The molecule has 0 bridgehead atoms. The summed E-state index contributed by atoms with van der Waals surface area (Å²) in [6, 6.07) is 63.3. The van der Waals surface area contributed by atoms with Gasteiger partial charge in [0.25, 0.3) is 0 Å². The predicted octanol–water partition coefficient (Wildman–Crippen LogP) is 12.7. The van der Waals surface area contributed by atoms with Crippen LogP contribution in [-0.4, -0.2) is 4.57 Å². The van der Waals surface area contributed by atoms with Crippen LogP contribution in [0.25, 0.3) is 82.8 Å². The van der Waals surface area contributed by atoms with Crippen LogP contribution in [0.1, 0.15) is 0 Å². The lowest BCUT2D eigenvalue weighted by atomic mass is 9.92.